The molecule has 2 rings (SSSR count). The minimum atomic E-state index is -0.682. The number of hydrogen-bond donors (Lipinski definition) is 1. The third kappa shape index (κ3) is 4.82. The number of rotatable bonds is 5. The molecule has 7 nitrogen and oxygen atoms in total. The summed E-state index contributed by atoms with van der Waals surface area (Å²) in [5.41, 5.74) is 10.3. The number of carbonyl (C=O) groups excluding carboxylic acids is 1. The van der Waals surface area contributed by atoms with Crippen molar-refractivity contribution in [2.45, 2.75) is 37.7 Å². The molecule has 7 heteroatoms. The second-order valence-corrected chi connectivity index (χ2v) is 5.33. The second-order valence-electron chi connectivity index (χ2n) is 5.33. The van der Waals surface area contributed by atoms with Crippen LogP contribution in [0.15, 0.2) is 47.1 Å². The Morgan fingerprint density at radius 2 is 2.22 bits per heavy atom. The van der Waals surface area contributed by atoms with E-state index in [1.165, 1.54) is 13.2 Å². The van der Waals surface area contributed by atoms with Gasteiger partial charge >= 0.3 is 5.97 Å². The van der Waals surface area contributed by atoms with Gasteiger partial charge in [-0.25, -0.2) is 4.79 Å². The number of esters is 1. The van der Waals surface area contributed by atoms with Crippen LogP contribution in [0.5, 0.6) is 0 Å². The van der Waals surface area contributed by atoms with E-state index in [1.807, 2.05) is 30.3 Å². The third-order valence-electron chi connectivity index (χ3n) is 3.68. The van der Waals surface area contributed by atoms with Crippen molar-refractivity contribution < 1.29 is 19.4 Å². The molecule has 1 unspecified atom stereocenters. The van der Waals surface area contributed by atoms with Crippen molar-refractivity contribution in [3.05, 3.63) is 58.0 Å². The molecule has 0 radical (unpaired) electrons. The Morgan fingerprint density at radius 3 is 2.87 bits per heavy atom. The first kappa shape index (κ1) is 17.0. The molecular weight excluding hydrogens is 298 g/mol. The molecule has 1 aliphatic carbocycles. The topological polar surface area (TPSA) is 105 Å². The Kier molecular flexibility index (Phi) is 6.17. The fraction of sp³-hybridized carbons (Fsp3) is 0.438. The van der Waals surface area contributed by atoms with Crippen molar-refractivity contribution in [2.75, 3.05) is 7.11 Å². The van der Waals surface area contributed by atoms with E-state index in [0.29, 0.717) is 18.6 Å². The lowest BCUT2D eigenvalue weighted by Crippen LogP contribution is -2.39. The lowest BCUT2D eigenvalue weighted by molar-refractivity contribution is -0.135. The van der Waals surface area contributed by atoms with Gasteiger partial charge in [0.05, 0.1) is 32.0 Å². The molecule has 0 heterocycles. The second kappa shape index (κ2) is 8.33. The minimum Gasteiger partial charge on any atom is -0.466 e. The van der Waals surface area contributed by atoms with Gasteiger partial charge in [-0.2, -0.15) is 0 Å². The zero-order valence-electron chi connectivity index (χ0n) is 12.8. The van der Waals surface area contributed by atoms with E-state index < -0.39 is 24.2 Å². The number of nitrogens with zero attached hydrogens (tertiary/aromatic N) is 3. The fourth-order valence-corrected chi connectivity index (χ4v) is 2.62. The highest BCUT2D eigenvalue weighted by Gasteiger charge is 2.34. The highest BCUT2D eigenvalue weighted by atomic mass is 16.5. The summed E-state index contributed by atoms with van der Waals surface area (Å²) < 4.78 is 10.5. The van der Waals surface area contributed by atoms with Gasteiger partial charge in [0.2, 0.25) is 0 Å². The van der Waals surface area contributed by atoms with Gasteiger partial charge < -0.3 is 14.6 Å². The van der Waals surface area contributed by atoms with Crippen LogP contribution in [0.2, 0.25) is 0 Å². The summed E-state index contributed by atoms with van der Waals surface area (Å²) in [7, 11) is 1.28. The molecule has 1 aromatic carbocycles. The Bertz CT molecular complexity index is 611. The number of azide groups is 1. The Labute approximate surface area is 134 Å². The first-order chi connectivity index (χ1) is 11.1. The molecule has 0 bridgehead atoms. The molecule has 0 aliphatic heterocycles. The predicted molar refractivity (Wildman–Crippen MR) is 83.3 cm³/mol. The van der Waals surface area contributed by atoms with E-state index in [1.54, 1.807) is 0 Å². The highest BCUT2D eigenvalue weighted by molar-refractivity contribution is 5.82. The minimum absolute atomic E-state index is 0.284. The number of carbonyl (C=O) groups is 1. The summed E-state index contributed by atoms with van der Waals surface area (Å²) in [4.78, 5) is 14.4. The van der Waals surface area contributed by atoms with E-state index in [4.69, 9.17) is 10.3 Å². The molecule has 3 atom stereocenters. The molecule has 1 fully saturated rings. The third-order valence-corrected chi connectivity index (χ3v) is 3.68. The molecule has 1 aromatic rings. The summed E-state index contributed by atoms with van der Waals surface area (Å²) in [6.07, 6.45) is 0.637. The Morgan fingerprint density at radius 1 is 1.48 bits per heavy atom. The summed E-state index contributed by atoms with van der Waals surface area (Å²) in [6.45, 7) is 0.317. The van der Waals surface area contributed by atoms with Crippen LogP contribution in [0.4, 0.5) is 0 Å². The van der Waals surface area contributed by atoms with Gasteiger partial charge in [0.15, 0.2) is 0 Å². The quantitative estimate of drug-likeness (QED) is 0.296. The lowest BCUT2D eigenvalue weighted by Gasteiger charge is -2.33. The van der Waals surface area contributed by atoms with Crippen LogP contribution in [0.3, 0.4) is 0 Å². The predicted octanol–water partition coefficient (Wildman–Crippen LogP) is 2.50. The van der Waals surface area contributed by atoms with Crippen molar-refractivity contribution in [1.82, 2.24) is 0 Å². The van der Waals surface area contributed by atoms with Crippen LogP contribution in [0.1, 0.15) is 18.4 Å². The van der Waals surface area contributed by atoms with Gasteiger partial charge in [-0.15, -0.1) is 0 Å². The SMILES string of the molecule is COC(=O)/C=C1\C[C@H](O)CC(N=[N+]=[N-])[C@@H]1OCc1ccccc1. The van der Waals surface area contributed by atoms with Gasteiger partial charge in [-0.3, -0.25) is 0 Å². The van der Waals surface area contributed by atoms with Gasteiger partial charge in [0.1, 0.15) is 0 Å². The fourth-order valence-electron chi connectivity index (χ4n) is 2.62. The van der Waals surface area contributed by atoms with Crippen LogP contribution >= 0.6 is 0 Å². The van der Waals surface area contributed by atoms with Crippen molar-refractivity contribution >= 4 is 5.97 Å². The first-order valence-electron chi connectivity index (χ1n) is 7.30. The van der Waals surface area contributed by atoms with E-state index in [-0.39, 0.29) is 6.42 Å². The summed E-state index contributed by atoms with van der Waals surface area (Å²) >= 11 is 0. The van der Waals surface area contributed by atoms with E-state index >= 15 is 0 Å². The standard InChI is InChI=1S/C16H19N3O4/c1-22-15(21)8-12-7-13(20)9-14(18-19-17)16(12)23-10-11-5-3-2-4-6-11/h2-6,8,13-14,16,20H,7,9-10H2,1H3/b12-8+/t13-,14?,16+/m0/s1. The zero-order valence-corrected chi connectivity index (χ0v) is 12.8. The zero-order chi connectivity index (χ0) is 16.7. The average Bonchev–Trinajstić information content (AvgIpc) is 2.55. The number of benzene rings is 1. The maximum Gasteiger partial charge on any atom is 0.330 e. The summed E-state index contributed by atoms with van der Waals surface area (Å²) in [5.74, 6) is -0.526. The molecule has 1 saturated carbocycles. The normalized spacial score (nSPS) is 25.7. The van der Waals surface area contributed by atoms with Crippen molar-refractivity contribution in [2.24, 2.45) is 5.11 Å². The molecule has 1 N–H and O–H groups in total. The highest BCUT2D eigenvalue weighted by Crippen LogP contribution is 2.30. The number of aliphatic hydroxyl groups excluding tert-OH is 1. The van der Waals surface area contributed by atoms with Crippen LogP contribution in [0, 0.1) is 0 Å². The number of ether oxygens (including phenoxy) is 2. The average molecular weight is 317 g/mol. The van der Waals surface area contributed by atoms with Gasteiger partial charge in [-0.1, -0.05) is 35.4 Å². The lowest BCUT2D eigenvalue weighted by atomic mass is 9.85. The van der Waals surface area contributed by atoms with Crippen molar-refractivity contribution in [3.63, 3.8) is 0 Å². The number of hydrogen-bond acceptors (Lipinski definition) is 5. The molecule has 0 amide bonds. The smallest absolute Gasteiger partial charge is 0.330 e. The van der Waals surface area contributed by atoms with E-state index in [2.05, 4.69) is 14.8 Å². The van der Waals surface area contributed by atoms with Crippen molar-refractivity contribution in [1.29, 1.82) is 0 Å². The Balaban J connectivity index is 2.20. The van der Waals surface area contributed by atoms with Crippen LogP contribution in [0.25, 0.3) is 10.4 Å². The maximum absolute atomic E-state index is 11.5. The molecule has 0 aromatic heterocycles. The van der Waals surface area contributed by atoms with Crippen LogP contribution < -0.4 is 0 Å². The first-order valence-corrected chi connectivity index (χ1v) is 7.30. The number of methoxy groups -OCH3 is 1. The van der Waals surface area contributed by atoms with Gasteiger partial charge in [-0.05, 0) is 29.5 Å². The Hall–Kier alpha value is -2.34. The molecular formula is C16H19N3O4. The van der Waals surface area contributed by atoms with E-state index in [0.717, 1.165) is 5.56 Å². The molecule has 0 saturated heterocycles. The molecule has 0 spiro atoms. The largest absolute Gasteiger partial charge is 0.466 e. The van der Waals surface area contributed by atoms with E-state index in [9.17, 15) is 9.90 Å². The van der Waals surface area contributed by atoms with Crippen LogP contribution in [-0.4, -0.2) is 36.4 Å². The van der Waals surface area contributed by atoms with Gasteiger partial charge in [0.25, 0.3) is 0 Å². The van der Waals surface area contributed by atoms with Gasteiger partial charge in [0, 0.05) is 11.0 Å². The molecule has 23 heavy (non-hydrogen) atoms. The molecule has 1 aliphatic rings. The monoisotopic (exact) mass is 317 g/mol. The maximum atomic E-state index is 11.5. The van der Waals surface area contributed by atoms with Crippen molar-refractivity contribution in [3.8, 4) is 0 Å². The molecule has 122 valence electrons. The summed E-state index contributed by atoms with van der Waals surface area (Å²) in [5, 5.41) is 13.6. The number of aliphatic hydroxyl groups is 1. The summed E-state index contributed by atoms with van der Waals surface area (Å²) in [6, 6.07) is 8.99. The van der Waals surface area contributed by atoms with Crippen LogP contribution in [-0.2, 0) is 20.9 Å².